The Morgan fingerprint density at radius 3 is 2.36 bits per heavy atom. The van der Waals surface area contributed by atoms with Crippen LogP contribution in [0.4, 0.5) is 13.2 Å². The molecule has 1 rings (SSSR count). The SMILES string of the molecule is NCc1cc(C(F)(F)F)c(Br)cc1I. The van der Waals surface area contributed by atoms with Gasteiger partial charge < -0.3 is 5.73 Å². The molecule has 0 saturated heterocycles. The number of benzene rings is 1. The summed E-state index contributed by atoms with van der Waals surface area (Å²) >= 11 is 4.83. The average Bonchev–Trinajstić information content (AvgIpc) is 2.02. The highest BCUT2D eigenvalue weighted by Crippen LogP contribution is 2.36. The molecule has 1 aromatic carbocycles. The van der Waals surface area contributed by atoms with Crippen molar-refractivity contribution in [1.82, 2.24) is 0 Å². The standard InChI is InChI=1S/C8H6BrF3IN/c9-6-2-7(13)4(3-14)1-5(6)8(10,11)12/h1-2H,3,14H2. The van der Waals surface area contributed by atoms with Crippen LogP contribution < -0.4 is 5.73 Å². The molecule has 0 aliphatic carbocycles. The lowest BCUT2D eigenvalue weighted by molar-refractivity contribution is -0.138. The van der Waals surface area contributed by atoms with Gasteiger partial charge in [-0.2, -0.15) is 13.2 Å². The zero-order valence-corrected chi connectivity index (χ0v) is 10.6. The van der Waals surface area contributed by atoms with Crippen LogP contribution in [0.25, 0.3) is 0 Å². The minimum Gasteiger partial charge on any atom is -0.326 e. The van der Waals surface area contributed by atoms with Crippen molar-refractivity contribution in [2.45, 2.75) is 12.7 Å². The lowest BCUT2D eigenvalue weighted by Crippen LogP contribution is -2.09. The second kappa shape index (κ2) is 4.36. The predicted octanol–water partition coefficient (Wildman–Crippen LogP) is 3.53. The van der Waals surface area contributed by atoms with E-state index < -0.39 is 11.7 Å². The number of rotatable bonds is 1. The summed E-state index contributed by atoms with van der Waals surface area (Å²) in [6.45, 7) is 0.106. The summed E-state index contributed by atoms with van der Waals surface area (Å²) in [5.74, 6) is 0. The van der Waals surface area contributed by atoms with Gasteiger partial charge in [-0.15, -0.1) is 0 Å². The third-order valence-corrected chi connectivity index (χ3v) is 3.32. The molecule has 0 aliphatic rings. The van der Waals surface area contributed by atoms with Crippen LogP contribution in [0.1, 0.15) is 11.1 Å². The zero-order chi connectivity index (χ0) is 10.9. The Kier molecular flexibility index (Phi) is 3.81. The van der Waals surface area contributed by atoms with E-state index in [4.69, 9.17) is 5.73 Å². The van der Waals surface area contributed by atoms with Crippen LogP contribution in [0.5, 0.6) is 0 Å². The molecule has 0 atom stereocenters. The van der Waals surface area contributed by atoms with E-state index in [9.17, 15) is 13.2 Å². The number of alkyl halides is 3. The third kappa shape index (κ3) is 2.60. The summed E-state index contributed by atoms with van der Waals surface area (Å²) in [5, 5.41) is 0. The minimum absolute atomic E-state index is 0.0478. The lowest BCUT2D eigenvalue weighted by Gasteiger charge is -2.11. The number of hydrogen-bond donors (Lipinski definition) is 1. The van der Waals surface area contributed by atoms with Crippen LogP contribution in [0.2, 0.25) is 0 Å². The Balaban J connectivity index is 3.32. The van der Waals surface area contributed by atoms with Gasteiger partial charge in [0.05, 0.1) is 5.56 Å². The molecule has 0 unspecified atom stereocenters. The molecule has 1 nitrogen and oxygen atoms in total. The van der Waals surface area contributed by atoms with Gasteiger partial charge in [0.2, 0.25) is 0 Å². The van der Waals surface area contributed by atoms with Gasteiger partial charge in [0.25, 0.3) is 0 Å². The molecule has 0 bridgehead atoms. The van der Waals surface area contributed by atoms with Crippen molar-refractivity contribution in [3.05, 3.63) is 31.3 Å². The molecule has 2 N–H and O–H groups in total. The first kappa shape index (κ1) is 12.3. The molecular formula is C8H6BrF3IN. The summed E-state index contributed by atoms with van der Waals surface area (Å²) in [4.78, 5) is 0. The van der Waals surface area contributed by atoms with Crippen LogP contribution >= 0.6 is 38.5 Å². The van der Waals surface area contributed by atoms with Crippen molar-refractivity contribution in [3.63, 3.8) is 0 Å². The lowest BCUT2D eigenvalue weighted by atomic mass is 10.1. The highest BCUT2D eigenvalue weighted by Gasteiger charge is 2.33. The van der Waals surface area contributed by atoms with E-state index in [1.807, 2.05) is 22.6 Å². The maximum atomic E-state index is 12.4. The van der Waals surface area contributed by atoms with Gasteiger partial charge in [-0.25, -0.2) is 0 Å². The van der Waals surface area contributed by atoms with E-state index in [1.54, 1.807) is 0 Å². The average molecular weight is 380 g/mol. The normalized spacial score (nSPS) is 11.9. The fraction of sp³-hybridized carbons (Fsp3) is 0.250. The molecule has 0 aromatic heterocycles. The van der Waals surface area contributed by atoms with Crippen molar-refractivity contribution >= 4 is 38.5 Å². The van der Waals surface area contributed by atoms with Crippen LogP contribution in [0.15, 0.2) is 16.6 Å². The summed E-state index contributed by atoms with van der Waals surface area (Å²) in [5.41, 5.74) is 5.14. The Morgan fingerprint density at radius 2 is 1.93 bits per heavy atom. The number of nitrogens with two attached hydrogens (primary N) is 1. The van der Waals surface area contributed by atoms with Crippen LogP contribution in [0, 0.1) is 3.57 Å². The molecule has 0 saturated carbocycles. The Bertz CT molecular complexity index is 351. The van der Waals surface area contributed by atoms with Gasteiger partial charge in [0, 0.05) is 14.6 Å². The Labute approximate surface area is 101 Å². The van der Waals surface area contributed by atoms with Crippen molar-refractivity contribution in [3.8, 4) is 0 Å². The van der Waals surface area contributed by atoms with E-state index in [2.05, 4.69) is 15.9 Å². The highest BCUT2D eigenvalue weighted by molar-refractivity contribution is 14.1. The van der Waals surface area contributed by atoms with Gasteiger partial charge >= 0.3 is 6.18 Å². The van der Waals surface area contributed by atoms with Crippen LogP contribution in [-0.2, 0) is 12.7 Å². The summed E-state index contributed by atoms with van der Waals surface area (Å²) in [6.07, 6.45) is -4.34. The molecule has 1 aromatic rings. The second-order valence-electron chi connectivity index (χ2n) is 2.63. The molecule has 0 spiro atoms. The molecule has 78 valence electrons. The molecule has 6 heteroatoms. The van der Waals surface area contributed by atoms with E-state index in [1.165, 1.54) is 6.07 Å². The van der Waals surface area contributed by atoms with Crippen molar-refractivity contribution < 1.29 is 13.2 Å². The largest absolute Gasteiger partial charge is 0.417 e. The van der Waals surface area contributed by atoms with Gasteiger partial charge in [-0.05, 0) is 40.3 Å². The smallest absolute Gasteiger partial charge is 0.326 e. The van der Waals surface area contributed by atoms with E-state index in [-0.39, 0.29) is 11.0 Å². The van der Waals surface area contributed by atoms with Gasteiger partial charge in [-0.1, -0.05) is 15.9 Å². The summed E-state index contributed by atoms with van der Waals surface area (Å²) in [6, 6.07) is 2.50. The first-order valence-electron chi connectivity index (χ1n) is 3.61. The maximum absolute atomic E-state index is 12.4. The summed E-state index contributed by atoms with van der Waals surface area (Å²) in [7, 11) is 0. The molecule has 0 radical (unpaired) electrons. The minimum atomic E-state index is -4.34. The van der Waals surface area contributed by atoms with Crippen molar-refractivity contribution in [2.24, 2.45) is 5.73 Å². The predicted molar refractivity (Wildman–Crippen MR) is 59.8 cm³/mol. The third-order valence-electron chi connectivity index (χ3n) is 1.66. The molecular weight excluding hydrogens is 374 g/mol. The van der Waals surface area contributed by atoms with E-state index in [0.717, 1.165) is 9.64 Å². The summed E-state index contributed by atoms with van der Waals surface area (Å²) < 4.78 is 38.0. The number of halogens is 5. The molecule has 0 heterocycles. The second-order valence-corrected chi connectivity index (χ2v) is 4.64. The van der Waals surface area contributed by atoms with Crippen molar-refractivity contribution in [2.75, 3.05) is 0 Å². The van der Waals surface area contributed by atoms with Crippen LogP contribution in [-0.4, -0.2) is 0 Å². The van der Waals surface area contributed by atoms with Crippen molar-refractivity contribution in [1.29, 1.82) is 0 Å². The van der Waals surface area contributed by atoms with Gasteiger partial charge in [0.1, 0.15) is 0 Å². The first-order valence-corrected chi connectivity index (χ1v) is 5.48. The van der Waals surface area contributed by atoms with E-state index >= 15 is 0 Å². The quantitative estimate of drug-likeness (QED) is 0.742. The zero-order valence-electron chi connectivity index (χ0n) is 6.83. The first-order chi connectivity index (χ1) is 6.36. The molecule has 0 fully saturated rings. The van der Waals surface area contributed by atoms with Gasteiger partial charge in [-0.3, -0.25) is 0 Å². The maximum Gasteiger partial charge on any atom is 0.417 e. The highest BCUT2D eigenvalue weighted by atomic mass is 127. The topological polar surface area (TPSA) is 26.0 Å². The van der Waals surface area contributed by atoms with Gasteiger partial charge in [0.15, 0.2) is 0 Å². The number of hydrogen-bond acceptors (Lipinski definition) is 1. The van der Waals surface area contributed by atoms with E-state index in [0.29, 0.717) is 5.56 Å². The molecule has 0 amide bonds. The Morgan fingerprint density at radius 1 is 1.36 bits per heavy atom. The fourth-order valence-electron chi connectivity index (χ4n) is 0.967. The monoisotopic (exact) mass is 379 g/mol. The van der Waals surface area contributed by atoms with Crippen LogP contribution in [0.3, 0.4) is 0 Å². The molecule has 14 heavy (non-hydrogen) atoms. The fourth-order valence-corrected chi connectivity index (χ4v) is 2.65. The Hall–Kier alpha value is 0.180. The molecule has 0 aliphatic heterocycles.